The van der Waals surface area contributed by atoms with Gasteiger partial charge in [0.25, 0.3) is 17.7 Å². The van der Waals surface area contributed by atoms with E-state index in [0.29, 0.717) is 32.8 Å². The first-order chi connectivity index (χ1) is 25.1. The van der Waals surface area contributed by atoms with E-state index in [1.807, 2.05) is 0 Å². The summed E-state index contributed by atoms with van der Waals surface area (Å²) in [4.78, 5) is 85.4. The molecule has 3 unspecified atom stereocenters. The molecule has 1 rings (SSSR count). The first kappa shape index (κ1) is 49.8. The van der Waals surface area contributed by atoms with Gasteiger partial charge in [0.15, 0.2) is 0 Å². The van der Waals surface area contributed by atoms with Crippen LogP contribution in [0.2, 0.25) is 0 Å². The number of aliphatic hydroxyl groups is 2. The van der Waals surface area contributed by atoms with Crippen molar-refractivity contribution in [2.24, 2.45) is 0 Å². The van der Waals surface area contributed by atoms with Gasteiger partial charge in [-0.1, -0.05) is 17.2 Å². The Bertz CT molecular complexity index is 1360. The van der Waals surface area contributed by atoms with Gasteiger partial charge in [0.05, 0.1) is 6.61 Å². The van der Waals surface area contributed by atoms with Crippen molar-refractivity contribution < 1.29 is 81.2 Å². The average molecular weight is 811 g/mol. The van der Waals surface area contributed by atoms with Crippen LogP contribution < -0.4 is 16.0 Å². The molecule has 6 amide bonds. The summed E-state index contributed by atoms with van der Waals surface area (Å²) < 4.78 is 5.17. The Labute approximate surface area is 324 Å². The van der Waals surface area contributed by atoms with Crippen LogP contribution in [0.5, 0.6) is 0 Å². The Balaban J connectivity index is 0.0000281. The third-order valence-corrected chi connectivity index (χ3v) is 7.82. The zero-order chi connectivity index (χ0) is 39.9. The molecule has 1 aliphatic rings. The van der Waals surface area contributed by atoms with Crippen molar-refractivity contribution in [2.75, 3.05) is 39.5 Å². The standard InChI is InChI=1S/C34H54N6O13.Fe/c1-23(13-18-41)21-30(45)39(51)16-7-10-27-33(48)36-26(32(47)37-27)9-6-15-38(50)29(44)12-4-5-20-53-34(49)28(35-25(3)43)11-8-17-40(52)31(46)22-24(2)14-19-42;/h4,12,21-22,26-28,41-42,50-52H,5-11,13-20H2,1-3H3,(H,35,43)(H,36,48)(H,37,47);/b12-4+,23-21?,24-22?;. The minimum absolute atomic E-state index is 0. The summed E-state index contributed by atoms with van der Waals surface area (Å²) in [5.41, 5.74) is 1.17. The summed E-state index contributed by atoms with van der Waals surface area (Å²) in [5, 5.41) is 56.8. The van der Waals surface area contributed by atoms with Crippen LogP contribution in [0.1, 0.15) is 78.6 Å². The summed E-state index contributed by atoms with van der Waals surface area (Å²) in [6, 6.07) is -2.80. The average Bonchev–Trinajstić information content (AvgIpc) is 3.08. The fraction of sp³-hybridized carbons (Fsp3) is 0.618. The topological polar surface area (TPSA) is 276 Å². The molecule has 0 aromatic heterocycles. The van der Waals surface area contributed by atoms with Crippen molar-refractivity contribution in [2.45, 2.75) is 96.7 Å². The van der Waals surface area contributed by atoms with E-state index in [-0.39, 0.29) is 108 Å². The number of ether oxygens (including phenoxy) is 1. The number of esters is 1. The number of rotatable bonds is 24. The molecule has 8 N–H and O–H groups in total. The van der Waals surface area contributed by atoms with Crippen LogP contribution in [0.25, 0.3) is 0 Å². The van der Waals surface area contributed by atoms with Gasteiger partial charge in [-0.3, -0.25) is 44.4 Å². The van der Waals surface area contributed by atoms with Crippen LogP contribution in [0, 0.1) is 0 Å². The first-order valence-electron chi connectivity index (χ1n) is 17.4. The number of hydrogen-bond donors (Lipinski definition) is 8. The zero-order valence-corrected chi connectivity index (χ0v) is 31.9. The van der Waals surface area contributed by atoms with Crippen LogP contribution in [0.4, 0.5) is 0 Å². The minimum Gasteiger partial charge on any atom is -0.464 e. The predicted molar refractivity (Wildman–Crippen MR) is 185 cm³/mol. The van der Waals surface area contributed by atoms with Crippen LogP contribution in [-0.2, 0) is 55.4 Å². The van der Waals surface area contributed by atoms with Gasteiger partial charge in [0.1, 0.15) is 18.1 Å². The third kappa shape index (κ3) is 20.3. The maximum atomic E-state index is 12.5. The molecule has 19 nitrogen and oxygen atoms in total. The second-order valence-corrected chi connectivity index (χ2v) is 12.5. The summed E-state index contributed by atoms with van der Waals surface area (Å²) in [7, 11) is 0. The van der Waals surface area contributed by atoms with Gasteiger partial charge in [0.2, 0.25) is 17.7 Å². The Morgan fingerprint density at radius 2 is 1.20 bits per heavy atom. The summed E-state index contributed by atoms with van der Waals surface area (Å²) >= 11 is 0. The molecule has 3 atom stereocenters. The van der Waals surface area contributed by atoms with Gasteiger partial charge in [-0.15, -0.1) is 0 Å². The molecule has 0 radical (unpaired) electrons. The Kier molecular flexibility index (Phi) is 25.3. The quantitative estimate of drug-likeness (QED) is 0.0154. The molecule has 1 heterocycles. The molecule has 306 valence electrons. The van der Waals surface area contributed by atoms with E-state index >= 15 is 0 Å². The van der Waals surface area contributed by atoms with Gasteiger partial charge in [0, 0.05) is 81.5 Å². The van der Waals surface area contributed by atoms with E-state index in [1.165, 1.54) is 25.2 Å². The van der Waals surface area contributed by atoms with Crippen molar-refractivity contribution in [3.8, 4) is 0 Å². The second kappa shape index (κ2) is 27.4. The van der Waals surface area contributed by atoms with Crippen molar-refractivity contribution in [3.63, 3.8) is 0 Å². The van der Waals surface area contributed by atoms with E-state index in [4.69, 9.17) is 14.9 Å². The molecule has 1 saturated heterocycles. The monoisotopic (exact) mass is 810 g/mol. The molecule has 0 saturated carbocycles. The van der Waals surface area contributed by atoms with Crippen LogP contribution in [0.3, 0.4) is 0 Å². The first-order valence-corrected chi connectivity index (χ1v) is 17.4. The molecule has 54 heavy (non-hydrogen) atoms. The maximum absolute atomic E-state index is 12.5. The largest absolute Gasteiger partial charge is 0.464 e. The Morgan fingerprint density at radius 1 is 0.759 bits per heavy atom. The number of carbonyl (C=O) groups excluding carboxylic acids is 7. The van der Waals surface area contributed by atoms with Gasteiger partial charge in [-0.05, 0) is 65.2 Å². The number of piperazine rings is 1. The van der Waals surface area contributed by atoms with Crippen molar-refractivity contribution in [1.82, 2.24) is 31.1 Å². The maximum Gasteiger partial charge on any atom is 0.328 e. The van der Waals surface area contributed by atoms with Crippen molar-refractivity contribution in [3.05, 3.63) is 35.5 Å². The zero-order valence-electron chi connectivity index (χ0n) is 30.8. The molecule has 1 aliphatic heterocycles. The Hall–Kier alpha value is -4.17. The van der Waals surface area contributed by atoms with E-state index in [9.17, 15) is 49.2 Å². The molecular weight excluding hydrogens is 756 g/mol. The number of hydroxylamine groups is 6. The molecule has 0 aromatic carbocycles. The van der Waals surface area contributed by atoms with E-state index < -0.39 is 59.5 Å². The number of nitrogens with one attached hydrogen (secondary N) is 3. The molecular formula is C34H54FeN6O13. The number of amides is 6. The number of hydrogen-bond acceptors (Lipinski definition) is 13. The molecule has 20 heteroatoms. The summed E-state index contributed by atoms with van der Waals surface area (Å²) in [6.07, 6.45) is 6.35. The van der Waals surface area contributed by atoms with E-state index in [2.05, 4.69) is 16.0 Å². The summed E-state index contributed by atoms with van der Waals surface area (Å²) in [6.45, 7) is 3.71. The van der Waals surface area contributed by atoms with Crippen LogP contribution in [0.15, 0.2) is 35.5 Å². The van der Waals surface area contributed by atoms with Gasteiger partial charge < -0.3 is 30.9 Å². The van der Waals surface area contributed by atoms with Gasteiger partial charge in [-0.2, -0.15) is 0 Å². The Morgan fingerprint density at radius 3 is 1.65 bits per heavy atom. The van der Waals surface area contributed by atoms with E-state index in [0.717, 1.165) is 6.08 Å². The molecule has 0 aliphatic carbocycles. The number of aliphatic hydroxyl groups excluding tert-OH is 2. The van der Waals surface area contributed by atoms with Crippen molar-refractivity contribution in [1.29, 1.82) is 0 Å². The molecule has 0 spiro atoms. The third-order valence-electron chi connectivity index (χ3n) is 7.82. The smallest absolute Gasteiger partial charge is 0.328 e. The van der Waals surface area contributed by atoms with Gasteiger partial charge in [-0.25, -0.2) is 20.0 Å². The fourth-order valence-electron chi connectivity index (χ4n) is 4.91. The minimum atomic E-state index is -1.05. The molecule has 0 aromatic rings. The van der Waals surface area contributed by atoms with Crippen molar-refractivity contribution >= 4 is 41.4 Å². The SMILES string of the molecule is CC(=O)NC(CCCN(O)C(=O)C=C(C)CCO)C(=O)OCC/C=C/C(=O)N(O)CCCC1NC(=O)C(CCCN(O)C(=O)C=C(C)CCO)NC1=O.[Fe]. The fourth-order valence-corrected chi connectivity index (χ4v) is 4.91. The normalized spacial score (nSPS) is 16.4. The molecule has 0 bridgehead atoms. The van der Waals surface area contributed by atoms with Crippen LogP contribution >= 0.6 is 0 Å². The van der Waals surface area contributed by atoms with Gasteiger partial charge >= 0.3 is 5.97 Å². The number of nitrogens with zero attached hydrogens (tertiary/aromatic N) is 3. The van der Waals surface area contributed by atoms with Crippen LogP contribution in [-0.4, -0.2) is 140 Å². The summed E-state index contributed by atoms with van der Waals surface area (Å²) in [5.74, 6) is -4.28. The number of carbonyl (C=O) groups is 7. The second-order valence-electron chi connectivity index (χ2n) is 12.5. The van der Waals surface area contributed by atoms with E-state index in [1.54, 1.807) is 13.8 Å². The molecule has 1 fully saturated rings. The predicted octanol–water partition coefficient (Wildman–Crippen LogP) is -0.387.